The van der Waals surface area contributed by atoms with Crippen molar-refractivity contribution in [3.63, 3.8) is 0 Å². The van der Waals surface area contributed by atoms with Gasteiger partial charge in [0.15, 0.2) is 0 Å². The number of hydrogen-bond acceptors (Lipinski definition) is 5. The minimum atomic E-state index is -1.65. The Labute approximate surface area is 80.1 Å². The first-order chi connectivity index (χ1) is 6.54. The number of rotatable bonds is 4. The van der Waals surface area contributed by atoms with Crippen molar-refractivity contribution in [2.24, 2.45) is 0 Å². The molecule has 0 aromatic carbocycles. The highest BCUT2D eigenvalue weighted by Gasteiger charge is 2.22. The van der Waals surface area contributed by atoms with Gasteiger partial charge < -0.3 is 14.6 Å². The van der Waals surface area contributed by atoms with E-state index in [-0.39, 0.29) is 13.2 Å². The van der Waals surface area contributed by atoms with Crippen LogP contribution in [0, 0.1) is 0 Å². The number of aliphatic hydroxyl groups is 1. The number of carbonyl (C=O) groups excluding carboxylic acids is 2. The van der Waals surface area contributed by atoms with E-state index in [2.05, 4.69) is 9.47 Å². The minimum Gasteiger partial charge on any atom is -0.500 e. The molecule has 5 nitrogen and oxygen atoms in total. The molecular formula is C8H11FO5. The molecule has 0 heterocycles. The Morgan fingerprint density at radius 2 is 1.57 bits per heavy atom. The smallest absolute Gasteiger partial charge is 0.376 e. The fraction of sp³-hybridized carbons (Fsp3) is 0.500. The zero-order chi connectivity index (χ0) is 11.1. The van der Waals surface area contributed by atoms with Gasteiger partial charge >= 0.3 is 11.9 Å². The molecule has 0 rings (SSSR count). The van der Waals surface area contributed by atoms with Gasteiger partial charge in [-0.1, -0.05) is 0 Å². The summed E-state index contributed by atoms with van der Waals surface area (Å²) in [7, 11) is 0. The summed E-state index contributed by atoms with van der Waals surface area (Å²) in [6, 6.07) is 0. The van der Waals surface area contributed by atoms with Crippen LogP contribution in [0.15, 0.2) is 11.6 Å². The van der Waals surface area contributed by atoms with Crippen molar-refractivity contribution in [3.8, 4) is 0 Å². The highest BCUT2D eigenvalue weighted by Crippen LogP contribution is 2.07. The maximum atomic E-state index is 12.8. The topological polar surface area (TPSA) is 72.8 Å². The Kier molecular flexibility index (Phi) is 5.28. The predicted octanol–water partition coefficient (Wildman–Crippen LogP) is 0.852. The Morgan fingerprint density at radius 3 is 2.00 bits per heavy atom. The van der Waals surface area contributed by atoms with Crippen molar-refractivity contribution >= 4 is 11.9 Å². The standard InChI is InChI=1S/C8H11FO5/c1-3-13-7(11)5(9)6(10)8(12)14-4-2/h10H,3-4H2,1-2H3/b6-5+. The molecule has 0 fully saturated rings. The van der Waals surface area contributed by atoms with E-state index in [1.807, 2.05) is 0 Å². The SMILES string of the molecule is CCOC(=O)/C(O)=C(\F)C(=O)OCC. The molecule has 0 aliphatic rings. The summed E-state index contributed by atoms with van der Waals surface area (Å²) in [5, 5.41) is 8.84. The fourth-order valence-electron chi connectivity index (χ4n) is 0.580. The van der Waals surface area contributed by atoms with Crippen molar-refractivity contribution in [1.82, 2.24) is 0 Å². The largest absolute Gasteiger partial charge is 0.500 e. The fourth-order valence-corrected chi connectivity index (χ4v) is 0.580. The van der Waals surface area contributed by atoms with Gasteiger partial charge in [0.1, 0.15) is 0 Å². The number of carbonyl (C=O) groups is 2. The molecule has 0 saturated heterocycles. The highest BCUT2D eigenvalue weighted by molar-refractivity contribution is 5.96. The third kappa shape index (κ3) is 3.42. The Bertz CT molecular complexity index is 232. The van der Waals surface area contributed by atoms with Crippen molar-refractivity contribution in [2.45, 2.75) is 13.8 Å². The molecule has 0 aromatic rings. The molecule has 0 spiro atoms. The van der Waals surface area contributed by atoms with E-state index in [0.717, 1.165) is 0 Å². The summed E-state index contributed by atoms with van der Waals surface area (Å²) in [5.74, 6) is -5.70. The van der Waals surface area contributed by atoms with Crippen LogP contribution in [-0.2, 0) is 19.1 Å². The van der Waals surface area contributed by atoms with Crippen molar-refractivity contribution in [2.75, 3.05) is 13.2 Å². The molecule has 80 valence electrons. The number of hydrogen-bond donors (Lipinski definition) is 1. The second kappa shape index (κ2) is 5.95. The van der Waals surface area contributed by atoms with Crippen molar-refractivity contribution < 1.29 is 28.6 Å². The molecule has 0 unspecified atom stereocenters. The Hall–Kier alpha value is -1.59. The molecule has 0 saturated carbocycles. The number of ether oxygens (including phenoxy) is 2. The third-order valence-electron chi connectivity index (χ3n) is 1.13. The van der Waals surface area contributed by atoms with Gasteiger partial charge in [-0.15, -0.1) is 0 Å². The quantitative estimate of drug-likeness (QED) is 0.419. The first-order valence-corrected chi connectivity index (χ1v) is 3.97. The summed E-state index contributed by atoms with van der Waals surface area (Å²) in [4.78, 5) is 21.4. The lowest BCUT2D eigenvalue weighted by Crippen LogP contribution is -2.14. The van der Waals surface area contributed by atoms with Crippen molar-refractivity contribution in [3.05, 3.63) is 11.6 Å². The van der Waals surface area contributed by atoms with Crippen LogP contribution in [0.4, 0.5) is 4.39 Å². The summed E-state index contributed by atoms with van der Waals surface area (Å²) < 4.78 is 21.3. The maximum absolute atomic E-state index is 12.8. The zero-order valence-corrected chi connectivity index (χ0v) is 7.87. The van der Waals surface area contributed by atoms with Crippen LogP contribution in [-0.4, -0.2) is 30.3 Å². The first kappa shape index (κ1) is 12.4. The van der Waals surface area contributed by atoms with Crippen LogP contribution in [0.3, 0.4) is 0 Å². The average molecular weight is 206 g/mol. The molecule has 0 aliphatic carbocycles. The molecule has 0 atom stereocenters. The molecule has 0 bridgehead atoms. The second-order valence-electron chi connectivity index (χ2n) is 2.10. The molecule has 0 amide bonds. The lowest BCUT2D eigenvalue weighted by atomic mass is 10.4. The van der Waals surface area contributed by atoms with Crippen LogP contribution in [0.1, 0.15) is 13.8 Å². The monoisotopic (exact) mass is 206 g/mol. The van der Waals surface area contributed by atoms with Gasteiger partial charge in [0.25, 0.3) is 5.83 Å². The van der Waals surface area contributed by atoms with E-state index in [0.29, 0.717) is 0 Å². The van der Waals surface area contributed by atoms with E-state index in [1.165, 1.54) is 13.8 Å². The molecular weight excluding hydrogens is 195 g/mol. The summed E-state index contributed by atoms with van der Waals surface area (Å²) in [6.07, 6.45) is 0. The number of esters is 2. The van der Waals surface area contributed by atoms with E-state index in [9.17, 15) is 14.0 Å². The van der Waals surface area contributed by atoms with Gasteiger partial charge in [-0.25, -0.2) is 9.59 Å². The second-order valence-corrected chi connectivity index (χ2v) is 2.10. The Morgan fingerprint density at radius 1 is 1.14 bits per heavy atom. The zero-order valence-electron chi connectivity index (χ0n) is 7.87. The molecule has 0 aromatic heterocycles. The van der Waals surface area contributed by atoms with E-state index >= 15 is 0 Å². The highest BCUT2D eigenvalue weighted by atomic mass is 19.1. The lowest BCUT2D eigenvalue weighted by Gasteiger charge is -2.02. The van der Waals surface area contributed by atoms with Gasteiger partial charge in [-0.3, -0.25) is 0 Å². The number of halogens is 1. The minimum absolute atomic E-state index is 0.0288. The third-order valence-corrected chi connectivity index (χ3v) is 1.13. The molecule has 6 heteroatoms. The van der Waals surface area contributed by atoms with Gasteiger partial charge in [-0.2, -0.15) is 4.39 Å². The van der Waals surface area contributed by atoms with Crippen LogP contribution >= 0.6 is 0 Å². The Balaban J connectivity index is 4.57. The van der Waals surface area contributed by atoms with Crippen LogP contribution in [0.5, 0.6) is 0 Å². The van der Waals surface area contributed by atoms with Crippen LogP contribution < -0.4 is 0 Å². The predicted molar refractivity (Wildman–Crippen MR) is 44.0 cm³/mol. The maximum Gasteiger partial charge on any atom is 0.376 e. The molecule has 0 radical (unpaired) electrons. The molecule has 14 heavy (non-hydrogen) atoms. The summed E-state index contributed by atoms with van der Waals surface area (Å²) in [6.45, 7) is 2.86. The van der Waals surface area contributed by atoms with Gasteiger partial charge in [0.05, 0.1) is 13.2 Å². The van der Waals surface area contributed by atoms with E-state index < -0.39 is 23.5 Å². The summed E-state index contributed by atoms with van der Waals surface area (Å²) >= 11 is 0. The van der Waals surface area contributed by atoms with Gasteiger partial charge in [0.2, 0.25) is 5.76 Å². The average Bonchev–Trinajstić information content (AvgIpc) is 2.16. The molecule has 1 N–H and O–H groups in total. The summed E-state index contributed by atoms with van der Waals surface area (Å²) in [5.41, 5.74) is 0. The normalized spacial score (nSPS) is 11.6. The van der Waals surface area contributed by atoms with Crippen LogP contribution in [0.2, 0.25) is 0 Å². The van der Waals surface area contributed by atoms with Gasteiger partial charge in [0, 0.05) is 0 Å². The van der Waals surface area contributed by atoms with Crippen LogP contribution in [0.25, 0.3) is 0 Å². The van der Waals surface area contributed by atoms with E-state index in [4.69, 9.17) is 5.11 Å². The number of aliphatic hydroxyl groups excluding tert-OH is 1. The van der Waals surface area contributed by atoms with Gasteiger partial charge in [-0.05, 0) is 13.8 Å². The first-order valence-electron chi connectivity index (χ1n) is 3.97. The van der Waals surface area contributed by atoms with E-state index in [1.54, 1.807) is 0 Å². The molecule has 0 aliphatic heterocycles. The van der Waals surface area contributed by atoms with Crippen molar-refractivity contribution in [1.29, 1.82) is 0 Å². The lowest BCUT2D eigenvalue weighted by molar-refractivity contribution is -0.145.